The van der Waals surface area contributed by atoms with E-state index in [1.54, 1.807) is 0 Å². The smallest absolute Gasteiger partial charge is 0.225 e. The molecule has 0 spiro atoms. The number of rotatable bonds is 9. The Labute approximate surface area is 130 Å². The maximum Gasteiger partial charge on any atom is 0.225 e. The Balaban J connectivity index is 2.47. The molecule has 1 amide bonds. The van der Waals surface area contributed by atoms with Gasteiger partial charge in [-0.3, -0.25) is 4.79 Å². The number of carbonyl (C=O) groups excluding carboxylic acids is 1. The van der Waals surface area contributed by atoms with Crippen LogP contribution >= 0.6 is 0 Å². The Bertz CT molecular complexity index is 287. The molecule has 0 aromatic rings. The molecule has 0 saturated carbocycles. The third-order valence-electron chi connectivity index (χ3n) is 3.93. The molecule has 0 aromatic heterocycles. The number of hydrogen-bond donors (Lipinski definition) is 1. The van der Waals surface area contributed by atoms with E-state index < -0.39 is 0 Å². The summed E-state index contributed by atoms with van der Waals surface area (Å²) in [6.45, 7) is 15.7. The fourth-order valence-corrected chi connectivity index (χ4v) is 2.64. The highest BCUT2D eigenvalue weighted by Crippen LogP contribution is 2.08. The lowest BCUT2D eigenvalue weighted by molar-refractivity contribution is -0.135. The van der Waals surface area contributed by atoms with Crippen molar-refractivity contribution in [3.05, 3.63) is 0 Å². The van der Waals surface area contributed by atoms with E-state index in [1.807, 2.05) is 4.90 Å². The highest BCUT2D eigenvalue weighted by atomic mass is 16.5. The molecular weight excluding hydrogens is 266 g/mol. The molecule has 5 nitrogen and oxygen atoms in total. The van der Waals surface area contributed by atoms with Crippen molar-refractivity contribution in [2.75, 3.05) is 52.4 Å². The molecule has 1 N–H and O–H groups in total. The summed E-state index contributed by atoms with van der Waals surface area (Å²) in [5.74, 6) is 0.723. The van der Waals surface area contributed by atoms with E-state index in [4.69, 9.17) is 4.74 Å². The van der Waals surface area contributed by atoms with Gasteiger partial charge in [-0.05, 0) is 19.0 Å². The Morgan fingerprint density at radius 3 is 2.52 bits per heavy atom. The van der Waals surface area contributed by atoms with Gasteiger partial charge in [0.1, 0.15) is 0 Å². The average Bonchev–Trinajstić information content (AvgIpc) is 2.47. The predicted octanol–water partition coefficient (Wildman–Crippen LogP) is 1.19. The highest BCUT2D eigenvalue weighted by Gasteiger charge is 2.22. The van der Waals surface area contributed by atoms with Gasteiger partial charge in [0, 0.05) is 32.7 Å². The van der Waals surface area contributed by atoms with Crippen LogP contribution in [0.15, 0.2) is 0 Å². The molecule has 1 rings (SSSR count). The summed E-state index contributed by atoms with van der Waals surface area (Å²) in [6.07, 6.45) is 0.534. The molecule has 0 aromatic carbocycles. The zero-order valence-electron chi connectivity index (χ0n) is 14.2. The van der Waals surface area contributed by atoms with Crippen molar-refractivity contribution in [1.29, 1.82) is 0 Å². The third-order valence-corrected chi connectivity index (χ3v) is 3.93. The number of likely N-dealkylation sites (N-methyl/N-ethyl adjacent to an activating group) is 1. The van der Waals surface area contributed by atoms with Crippen molar-refractivity contribution in [3.63, 3.8) is 0 Å². The number of carbonyl (C=O) groups is 1. The van der Waals surface area contributed by atoms with Crippen LogP contribution in [0.3, 0.4) is 0 Å². The largest absolute Gasteiger partial charge is 0.375 e. The van der Waals surface area contributed by atoms with Crippen LogP contribution < -0.4 is 5.32 Å². The second-order valence-corrected chi connectivity index (χ2v) is 6.16. The van der Waals surface area contributed by atoms with Gasteiger partial charge in [-0.1, -0.05) is 27.7 Å². The number of nitrogens with one attached hydrogen (secondary N) is 1. The normalized spacial score (nSPS) is 19.2. The zero-order chi connectivity index (χ0) is 15.7. The van der Waals surface area contributed by atoms with Crippen molar-refractivity contribution in [2.45, 2.75) is 40.2 Å². The molecule has 21 heavy (non-hydrogen) atoms. The quantitative estimate of drug-likeness (QED) is 0.695. The van der Waals surface area contributed by atoms with Crippen molar-refractivity contribution in [1.82, 2.24) is 15.1 Å². The molecule has 0 aliphatic carbocycles. The Kier molecular flexibility index (Phi) is 8.88. The standard InChI is InChI=1S/C16H33N3O2/c1-5-18(6-2)8-9-19(13-14(3)4)16(20)11-15-12-17-7-10-21-15/h14-15,17H,5-13H2,1-4H3. The molecule has 1 fully saturated rings. The van der Waals surface area contributed by atoms with E-state index >= 15 is 0 Å². The van der Waals surface area contributed by atoms with E-state index in [1.165, 1.54) is 0 Å². The first-order valence-corrected chi connectivity index (χ1v) is 8.39. The SMILES string of the molecule is CCN(CC)CCN(CC(C)C)C(=O)CC1CNCCO1. The minimum atomic E-state index is 0.0364. The van der Waals surface area contributed by atoms with Crippen molar-refractivity contribution < 1.29 is 9.53 Å². The van der Waals surface area contributed by atoms with Crippen LogP contribution in [0, 0.1) is 5.92 Å². The summed E-state index contributed by atoms with van der Waals surface area (Å²) in [6, 6.07) is 0. The van der Waals surface area contributed by atoms with E-state index in [0.717, 1.165) is 45.8 Å². The summed E-state index contributed by atoms with van der Waals surface area (Å²) in [5, 5.41) is 3.28. The Hall–Kier alpha value is -0.650. The molecule has 1 saturated heterocycles. The molecule has 124 valence electrons. The number of ether oxygens (including phenoxy) is 1. The molecule has 5 heteroatoms. The topological polar surface area (TPSA) is 44.8 Å². The van der Waals surface area contributed by atoms with E-state index in [9.17, 15) is 4.79 Å². The third kappa shape index (κ3) is 7.25. The second-order valence-electron chi connectivity index (χ2n) is 6.16. The monoisotopic (exact) mass is 299 g/mol. The molecule has 0 bridgehead atoms. The summed E-state index contributed by atoms with van der Waals surface area (Å²) in [5.41, 5.74) is 0. The summed E-state index contributed by atoms with van der Waals surface area (Å²) in [4.78, 5) is 16.9. The van der Waals surface area contributed by atoms with E-state index in [0.29, 0.717) is 18.9 Å². The zero-order valence-corrected chi connectivity index (χ0v) is 14.2. The lowest BCUT2D eigenvalue weighted by Gasteiger charge is -2.30. The number of hydrogen-bond acceptors (Lipinski definition) is 4. The Morgan fingerprint density at radius 2 is 2.00 bits per heavy atom. The molecule has 1 aliphatic heterocycles. The maximum absolute atomic E-state index is 12.5. The second kappa shape index (κ2) is 10.1. The van der Waals surface area contributed by atoms with Crippen LogP contribution in [0.4, 0.5) is 0 Å². The van der Waals surface area contributed by atoms with Crippen molar-refractivity contribution in [3.8, 4) is 0 Å². The lowest BCUT2D eigenvalue weighted by Crippen LogP contribution is -2.45. The van der Waals surface area contributed by atoms with Gasteiger partial charge in [0.2, 0.25) is 5.91 Å². The van der Waals surface area contributed by atoms with Gasteiger partial charge in [-0.25, -0.2) is 0 Å². The van der Waals surface area contributed by atoms with Crippen molar-refractivity contribution in [2.24, 2.45) is 5.92 Å². The molecule has 1 heterocycles. The number of amides is 1. The van der Waals surface area contributed by atoms with Gasteiger partial charge >= 0.3 is 0 Å². The van der Waals surface area contributed by atoms with Crippen LogP contribution in [0.25, 0.3) is 0 Å². The van der Waals surface area contributed by atoms with Crippen LogP contribution in [0.2, 0.25) is 0 Å². The fraction of sp³-hybridized carbons (Fsp3) is 0.938. The first-order chi connectivity index (χ1) is 10.1. The van der Waals surface area contributed by atoms with Crippen molar-refractivity contribution >= 4 is 5.91 Å². The number of morpholine rings is 1. The molecule has 1 unspecified atom stereocenters. The highest BCUT2D eigenvalue weighted by molar-refractivity contribution is 5.76. The van der Waals surface area contributed by atoms with Crippen LogP contribution in [-0.2, 0) is 9.53 Å². The van der Waals surface area contributed by atoms with Crippen LogP contribution in [-0.4, -0.2) is 74.2 Å². The first kappa shape index (κ1) is 18.4. The molecular formula is C16H33N3O2. The minimum Gasteiger partial charge on any atom is -0.375 e. The predicted molar refractivity (Wildman–Crippen MR) is 86.4 cm³/mol. The van der Waals surface area contributed by atoms with Crippen LogP contribution in [0.1, 0.15) is 34.1 Å². The van der Waals surface area contributed by atoms with Gasteiger partial charge in [0.25, 0.3) is 0 Å². The van der Waals surface area contributed by atoms with E-state index in [2.05, 4.69) is 37.9 Å². The van der Waals surface area contributed by atoms with Gasteiger partial charge in [0.05, 0.1) is 19.1 Å². The van der Waals surface area contributed by atoms with Crippen LogP contribution in [0.5, 0.6) is 0 Å². The lowest BCUT2D eigenvalue weighted by atomic mass is 10.1. The maximum atomic E-state index is 12.5. The van der Waals surface area contributed by atoms with Gasteiger partial charge in [0.15, 0.2) is 0 Å². The summed E-state index contributed by atoms with van der Waals surface area (Å²) in [7, 11) is 0. The molecule has 0 radical (unpaired) electrons. The van der Waals surface area contributed by atoms with Gasteiger partial charge in [-0.2, -0.15) is 0 Å². The van der Waals surface area contributed by atoms with Gasteiger partial charge in [-0.15, -0.1) is 0 Å². The number of nitrogens with zero attached hydrogens (tertiary/aromatic N) is 2. The summed E-state index contributed by atoms with van der Waals surface area (Å²) < 4.78 is 5.65. The van der Waals surface area contributed by atoms with E-state index in [-0.39, 0.29) is 12.0 Å². The average molecular weight is 299 g/mol. The molecule has 1 atom stereocenters. The molecule has 1 aliphatic rings. The minimum absolute atomic E-state index is 0.0364. The van der Waals surface area contributed by atoms with Gasteiger partial charge < -0.3 is 19.9 Å². The fourth-order valence-electron chi connectivity index (χ4n) is 2.64. The summed E-state index contributed by atoms with van der Waals surface area (Å²) >= 11 is 0. The Morgan fingerprint density at radius 1 is 1.29 bits per heavy atom. The first-order valence-electron chi connectivity index (χ1n) is 8.39.